The van der Waals surface area contributed by atoms with Crippen molar-refractivity contribution in [1.29, 1.82) is 0 Å². The van der Waals surface area contributed by atoms with Crippen molar-refractivity contribution in [2.45, 2.75) is 58.1 Å². The van der Waals surface area contributed by atoms with E-state index in [2.05, 4.69) is 13.8 Å². The molecule has 0 aliphatic heterocycles. The summed E-state index contributed by atoms with van der Waals surface area (Å²) in [5.74, 6) is 0. The molecular weight excluding hydrogens is 268 g/mol. The lowest BCUT2D eigenvalue weighted by Crippen LogP contribution is -2.45. The van der Waals surface area contributed by atoms with E-state index in [4.69, 9.17) is 18.0 Å². The Kier molecular flexibility index (Phi) is 8.73. The van der Waals surface area contributed by atoms with Gasteiger partial charge in [0.2, 0.25) is 10.0 Å². The van der Waals surface area contributed by atoms with Crippen LogP contribution in [0.5, 0.6) is 0 Å². The molecule has 0 rings (SSSR count). The summed E-state index contributed by atoms with van der Waals surface area (Å²) >= 11 is 4.88. The summed E-state index contributed by atoms with van der Waals surface area (Å²) in [5, 5.41) is -0.721. The third-order valence-corrected chi connectivity index (χ3v) is 5.75. The predicted molar refractivity (Wildman–Crippen MR) is 81.2 cm³/mol. The maximum atomic E-state index is 12.5. The Balaban J connectivity index is 4.97. The first-order valence-electron chi connectivity index (χ1n) is 6.70. The van der Waals surface area contributed by atoms with Gasteiger partial charge in [-0.3, -0.25) is 0 Å². The van der Waals surface area contributed by atoms with Gasteiger partial charge in [-0.2, -0.15) is 0 Å². The molecule has 1 atom stereocenters. The summed E-state index contributed by atoms with van der Waals surface area (Å²) in [4.78, 5) is 0.0792. The number of nitrogens with zero attached hydrogens (tertiary/aromatic N) is 1. The summed E-state index contributed by atoms with van der Waals surface area (Å²) < 4.78 is 26.5. The average molecular weight is 294 g/mol. The van der Waals surface area contributed by atoms with Crippen molar-refractivity contribution in [3.63, 3.8) is 0 Å². The van der Waals surface area contributed by atoms with Gasteiger partial charge in [0.25, 0.3) is 0 Å². The molecule has 18 heavy (non-hydrogen) atoms. The van der Waals surface area contributed by atoms with Crippen LogP contribution in [0.3, 0.4) is 0 Å². The Morgan fingerprint density at radius 3 is 1.89 bits per heavy atom. The molecule has 0 amide bonds. The minimum absolute atomic E-state index is 0.0792. The van der Waals surface area contributed by atoms with Crippen LogP contribution in [0.15, 0.2) is 0 Å². The molecule has 0 bridgehead atoms. The summed E-state index contributed by atoms with van der Waals surface area (Å²) in [6.45, 7) is 7.04. The zero-order chi connectivity index (χ0) is 14.2. The van der Waals surface area contributed by atoms with Crippen LogP contribution in [0.25, 0.3) is 0 Å². The van der Waals surface area contributed by atoms with Crippen LogP contribution in [-0.4, -0.2) is 36.1 Å². The number of sulfonamides is 1. The van der Waals surface area contributed by atoms with Crippen molar-refractivity contribution in [3.8, 4) is 0 Å². The molecule has 0 aromatic heterocycles. The van der Waals surface area contributed by atoms with Crippen LogP contribution >= 0.6 is 12.2 Å². The van der Waals surface area contributed by atoms with Crippen LogP contribution in [0.4, 0.5) is 0 Å². The topological polar surface area (TPSA) is 63.4 Å². The standard InChI is InChI=1S/C12H26N2O2S2/c1-4-7-9-14(10-8-5-2)18(15,16)11(6-3)12(13)17/h11H,4-10H2,1-3H3,(H2,13,17). The molecule has 2 N–H and O–H groups in total. The molecule has 0 aliphatic carbocycles. The molecule has 0 fully saturated rings. The van der Waals surface area contributed by atoms with Crippen molar-refractivity contribution in [2.24, 2.45) is 5.73 Å². The van der Waals surface area contributed by atoms with Crippen LogP contribution in [0, 0.1) is 0 Å². The molecule has 108 valence electrons. The van der Waals surface area contributed by atoms with Gasteiger partial charge in [-0.05, 0) is 19.3 Å². The first-order valence-corrected chi connectivity index (χ1v) is 8.61. The van der Waals surface area contributed by atoms with E-state index in [1.807, 2.05) is 0 Å². The van der Waals surface area contributed by atoms with Crippen molar-refractivity contribution in [1.82, 2.24) is 4.31 Å². The van der Waals surface area contributed by atoms with Crippen LogP contribution in [0.1, 0.15) is 52.9 Å². The van der Waals surface area contributed by atoms with Gasteiger partial charge in [-0.1, -0.05) is 45.8 Å². The van der Waals surface area contributed by atoms with Crippen molar-refractivity contribution in [2.75, 3.05) is 13.1 Å². The number of rotatable bonds is 10. The van der Waals surface area contributed by atoms with E-state index in [1.165, 1.54) is 0 Å². The second-order valence-electron chi connectivity index (χ2n) is 4.45. The Hall–Kier alpha value is -0.200. The highest BCUT2D eigenvalue weighted by molar-refractivity contribution is 7.92. The van der Waals surface area contributed by atoms with E-state index in [0.29, 0.717) is 19.5 Å². The van der Waals surface area contributed by atoms with E-state index < -0.39 is 15.3 Å². The van der Waals surface area contributed by atoms with Gasteiger partial charge >= 0.3 is 0 Å². The summed E-state index contributed by atoms with van der Waals surface area (Å²) in [5.41, 5.74) is 5.55. The third-order valence-electron chi connectivity index (χ3n) is 2.93. The quantitative estimate of drug-likeness (QED) is 0.628. The minimum Gasteiger partial charge on any atom is -0.392 e. The van der Waals surface area contributed by atoms with Gasteiger partial charge in [0, 0.05) is 13.1 Å². The molecule has 0 aromatic rings. The average Bonchev–Trinajstić information content (AvgIpc) is 2.28. The Bertz CT molecular complexity index is 334. The lowest BCUT2D eigenvalue weighted by atomic mass is 10.3. The first-order chi connectivity index (χ1) is 8.41. The number of unbranched alkanes of at least 4 members (excludes halogenated alkanes) is 2. The summed E-state index contributed by atoms with van der Waals surface area (Å²) in [6, 6.07) is 0. The van der Waals surface area contributed by atoms with Gasteiger partial charge in [-0.15, -0.1) is 0 Å². The third kappa shape index (κ3) is 5.20. The highest BCUT2D eigenvalue weighted by Gasteiger charge is 2.32. The van der Waals surface area contributed by atoms with Crippen LogP contribution < -0.4 is 5.73 Å². The molecule has 0 spiro atoms. The fourth-order valence-electron chi connectivity index (χ4n) is 1.77. The van der Waals surface area contributed by atoms with E-state index in [1.54, 1.807) is 11.2 Å². The van der Waals surface area contributed by atoms with Gasteiger partial charge in [0.1, 0.15) is 5.25 Å². The van der Waals surface area contributed by atoms with Gasteiger partial charge in [0.05, 0.1) is 4.99 Å². The highest BCUT2D eigenvalue weighted by atomic mass is 32.2. The fraction of sp³-hybridized carbons (Fsp3) is 0.917. The molecule has 0 aliphatic rings. The Morgan fingerprint density at radius 1 is 1.17 bits per heavy atom. The highest BCUT2D eigenvalue weighted by Crippen LogP contribution is 2.15. The molecule has 0 saturated carbocycles. The molecular formula is C12H26N2O2S2. The second-order valence-corrected chi connectivity index (χ2v) is 7.04. The van der Waals surface area contributed by atoms with E-state index in [9.17, 15) is 8.42 Å². The number of nitrogens with two attached hydrogens (primary N) is 1. The first kappa shape index (κ1) is 17.8. The second kappa shape index (κ2) is 8.82. The number of hydrogen-bond acceptors (Lipinski definition) is 3. The van der Waals surface area contributed by atoms with Crippen LogP contribution in [-0.2, 0) is 10.0 Å². The molecule has 0 heterocycles. The lowest BCUT2D eigenvalue weighted by Gasteiger charge is -2.26. The zero-order valence-corrected chi connectivity index (χ0v) is 13.3. The van der Waals surface area contributed by atoms with Gasteiger partial charge in [0.15, 0.2) is 0 Å². The van der Waals surface area contributed by atoms with Crippen LogP contribution in [0.2, 0.25) is 0 Å². The lowest BCUT2D eigenvalue weighted by molar-refractivity contribution is 0.392. The molecule has 0 radical (unpaired) electrons. The number of hydrogen-bond donors (Lipinski definition) is 1. The Labute approximate surface area is 117 Å². The maximum Gasteiger partial charge on any atom is 0.223 e. The fourth-order valence-corrected chi connectivity index (χ4v) is 4.15. The molecule has 6 heteroatoms. The van der Waals surface area contributed by atoms with Crippen molar-refractivity contribution < 1.29 is 8.42 Å². The molecule has 4 nitrogen and oxygen atoms in total. The molecule has 0 aromatic carbocycles. The van der Waals surface area contributed by atoms with Gasteiger partial charge in [-0.25, -0.2) is 12.7 Å². The summed E-state index contributed by atoms with van der Waals surface area (Å²) in [6.07, 6.45) is 4.13. The van der Waals surface area contributed by atoms with Crippen molar-refractivity contribution in [3.05, 3.63) is 0 Å². The molecule has 1 unspecified atom stereocenters. The van der Waals surface area contributed by atoms with Gasteiger partial charge < -0.3 is 5.73 Å². The maximum absolute atomic E-state index is 12.5. The SMILES string of the molecule is CCCCN(CCCC)S(=O)(=O)C(CC)C(N)=S. The van der Waals surface area contributed by atoms with E-state index in [-0.39, 0.29) is 4.99 Å². The zero-order valence-electron chi connectivity index (χ0n) is 11.7. The van der Waals surface area contributed by atoms with Crippen molar-refractivity contribution >= 4 is 27.2 Å². The Morgan fingerprint density at radius 2 is 1.61 bits per heavy atom. The smallest absolute Gasteiger partial charge is 0.223 e. The summed E-state index contributed by atoms with van der Waals surface area (Å²) in [7, 11) is -3.39. The van der Waals surface area contributed by atoms with E-state index in [0.717, 1.165) is 25.7 Å². The largest absolute Gasteiger partial charge is 0.392 e. The monoisotopic (exact) mass is 294 g/mol. The molecule has 0 saturated heterocycles. The van der Waals surface area contributed by atoms with E-state index >= 15 is 0 Å². The number of thiocarbonyl (C=S) groups is 1. The predicted octanol–water partition coefficient (Wildman–Crippen LogP) is 2.28. The minimum atomic E-state index is -3.39. The normalized spacial score (nSPS) is 13.8.